The van der Waals surface area contributed by atoms with E-state index in [0.29, 0.717) is 23.1 Å². The van der Waals surface area contributed by atoms with Crippen molar-refractivity contribution < 1.29 is 4.79 Å². The van der Waals surface area contributed by atoms with Crippen LogP contribution in [0.5, 0.6) is 0 Å². The minimum Gasteiger partial charge on any atom is -0.368 e. The van der Waals surface area contributed by atoms with E-state index in [0.717, 1.165) is 50.3 Å². The number of aryl methyl sites for hydroxylation is 2. The third-order valence-electron chi connectivity index (χ3n) is 5.60. The van der Waals surface area contributed by atoms with Gasteiger partial charge >= 0.3 is 6.03 Å². The van der Waals surface area contributed by atoms with Crippen molar-refractivity contribution in [1.82, 2.24) is 4.90 Å². The van der Waals surface area contributed by atoms with Crippen LogP contribution in [0, 0.1) is 6.92 Å². The minimum absolute atomic E-state index is 0.121. The molecule has 2 aromatic carbocycles. The van der Waals surface area contributed by atoms with Gasteiger partial charge in [-0.15, -0.1) is 0 Å². The molecule has 148 valence electrons. The molecule has 0 aliphatic carbocycles. The number of urea groups is 1. The molecule has 2 aliphatic rings. The molecule has 28 heavy (non-hydrogen) atoms. The highest BCUT2D eigenvalue weighted by Crippen LogP contribution is 2.29. The predicted molar refractivity (Wildman–Crippen MR) is 117 cm³/mol. The molecule has 0 saturated carbocycles. The van der Waals surface area contributed by atoms with E-state index in [1.807, 2.05) is 21.9 Å². The van der Waals surface area contributed by atoms with Gasteiger partial charge in [0.05, 0.1) is 0 Å². The van der Waals surface area contributed by atoms with Crippen LogP contribution in [0.4, 0.5) is 16.2 Å². The second-order valence-corrected chi connectivity index (χ2v) is 8.50. The van der Waals surface area contributed by atoms with E-state index in [-0.39, 0.29) is 6.03 Å². The number of piperazine rings is 1. The van der Waals surface area contributed by atoms with E-state index in [1.54, 1.807) is 6.07 Å². The van der Waals surface area contributed by atoms with E-state index < -0.39 is 0 Å². The topological polar surface area (TPSA) is 26.8 Å². The monoisotopic (exact) mass is 417 g/mol. The van der Waals surface area contributed by atoms with Gasteiger partial charge in [0.1, 0.15) is 0 Å². The Kier molecular flexibility index (Phi) is 5.70. The van der Waals surface area contributed by atoms with Crippen molar-refractivity contribution in [1.29, 1.82) is 0 Å². The summed E-state index contributed by atoms with van der Waals surface area (Å²) in [6.07, 6.45) is 3.22. The van der Waals surface area contributed by atoms with Gasteiger partial charge in [-0.2, -0.15) is 0 Å². The van der Waals surface area contributed by atoms with Crippen LogP contribution in [-0.4, -0.2) is 43.7 Å². The molecular formula is C22H25Cl2N3O. The standard InChI is InChI=1S/C22H25Cl2N3O/c1-16-5-6-21-17(12-16)4-2-3-7-27(21)22(28)26-10-8-25(9-11-26)20-14-18(23)13-19(24)15-20/h5-6,12-15H,2-4,7-11H2,1H3. The molecule has 0 bridgehead atoms. The Morgan fingerprint density at radius 2 is 1.61 bits per heavy atom. The Labute approximate surface area is 176 Å². The molecule has 0 radical (unpaired) electrons. The van der Waals surface area contributed by atoms with Crippen molar-refractivity contribution in [3.05, 3.63) is 57.6 Å². The first-order chi connectivity index (χ1) is 13.5. The fourth-order valence-corrected chi connectivity index (χ4v) is 4.65. The lowest BCUT2D eigenvalue weighted by Gasteiger charge is -2.38. The first kappa shape index (κ1) is 19.4. The van der Waals surface area contributed by atoms with Gasteiger partial charge in [0, 0.05) is 54.1 Å². The molecule has 2 aliphatic heterocycles. The number of fused-ring (bicyclic) bond motifs is 1. The van der Waals surface area contributed by atoms with Crippen LogP contribution in [0.3, 0.4) is 0 Å². The molecule has 1 saturated heterocycles. The third kappa shape index (κ3) is 4.08. The van der Waals surface area contributed by atoms with Gasteiger partial charge in [-0.05, 0) is 56.0 Å². The molecule has 0 unspecified atom stereocenters. The molecule has 4 nitrogen and oxygen atoms in total. The minimum atomic E-state index is 0.121. The Morgan fingerprint density at radius 1 is 0.893 bits per heavy atom. The first-order valence-electron chi connectivity index (χ1n) is 9.88. The number of rotatable bonds is 1. The molecule has 1 fully saturated rings. The second kappa shape index (κ2) is 8.22. The van der Waals surface area contributed by atoms with E-state index in [4.69, 9.17) is 23.2 Å². The zero-order valence-electron chi connectivity index (χ0n) is 16.1. The maximum atomic E-state index is 13.3. The van der Waals surface area contributed by atoms with Gasteiger partial charge in [-0.3, -0.25) is 4.90 Å². The summed E-state index contributed by atoms with van der Waals surface area (Å²) < 4.78 is 0. The maximum absolute atomic E-state index is 13.3. The van der Waals surface area contributed by atoms with Crippen molar-refractivity contribution in [2.75, 3.05) is 42.5 Å². The van der Waals surface area contributed by atoms with Crippen LogP contribution < -0.4 is 9.80 Å². The van der Waals surface area contributed by atoms with Crippen molar-refractivity contribution in [2.24, 2.45) is 0 Å². The van der Waals surface area contributed by atoms with Crippen LogP contribution in [-0.2, 0) is 6.42 Å². The van der Waals surface area contributed by atoms with Gasteiger partial charge < -0.3 is 9.80 Å². The lowest BCUT2D eigenvalue weighted by Crippen LogP contribution is -2.53. The van der Waals surface area contributed by atoms with Gasteiger partial charge in [-0.25, -0.2) is 4.79 Å². The van der Waals surface area contributed by atoms with Gasteiger partial charge in [0.25, 0.3) is 0 Å². The van der Waals surface area contributed by atoms with Gasteiger partial charge in [0.2, 0.25) is 0 Å². The summed E-state index contributed by atoms with van der Waals surface area (Å²) in [6, 6.07) is 12.2. The third-order valence-corrected chi connectivity index (χ3v) is 6.03. The summed E-state index contributed by atoms with van der Waals surface area (Å²) in [5, 5.41) is 1.27. The zero-order chi connectivity index (χ0) is 19.7. The fourth-order valence-electron chi connectivity index (χ4n) is 4.13. The Bertz CT molecular complexity index is 858. The Balaban J connectivity index is 1.47. The highest BCUT2D eigenvalue weighted by molar-refractivity contribution is 6.35. The van der Waals surface area contributed by atoms with E-state index in [2.05, 4.69) is 30.0 Å². The smallest absolute Gasteiger partial charge is 0.324 e. The predicted octanol–water partition coefficient (Wildman–Crippen LogP) is 5.39. The summed E-state index contributed by atoms with van der Waals surface area (Å²) in [4.78, 5) is 19.5. The quantitative estimate of drug-likeness (QED) is 0.621. The number of hydrogen-bond donors (Lipinski definition) is 0. The van der Waals surface area contributed by atoms with Crippen molar-refractivity contribution in [3.8, 4) is 0 Å². The maximum Gasteiger partial charge on any atom is 0.324 e. The number of carbonyl (C=O) groups is 1. The second-order valence-electron chi connectivity index (χ2n) is 7.63. The molecule has 0 atom stereocenters. The average Bonchev–Trinajstić information content (AvgIpc) is 2.88. The summed E-state index contributed by atoms with van der Waals surface area (Å²) >= 11 is 12.3. The number of carbonyl (C=O) groups excluding carboxylic acids is 1. The Hall–Kier alpha value is -1.91. The normalized spacial score (nSPS) is 17.3. The molecule has 0 spiro atoms. The number of amides is 2. The number of benzene rings is 2. The lowest BCUT2D eigenvalue weighted by atomic mass is 10.0. The molecule has 4 rings (SSSR count). The molecule has 0 N–H and O–H groups in total. The molecule has 2 aromatic rings. The van der Waals surface area contributed by atoms with Crippen LogP contribution in [0.15, 0.2) is 36.4 Å². The first-order valence-corrected chi connectivity index (χ1v) is 10.6. The van der Waals surface area contributed by atoms with Gasteiger partial charge in [-0.1, -0.05) is 40.9 Å². The molecule has 2 heterocycles. The number of hydrogen-bond acceptors (Lipinski definition) is 2. The SMILES string of the molecule is Cc1ccc2c(c1)CCCCN2C(=O)N1CCN(c2cc(Cl)cc(Cl)c2)CC1. The van der Waals surface area contributed by atoms with Crippen LogP contribution in [0.1, 0.15) is 24.0 Å². The Morgan fingerprint density at radius 3 is 2.32 bits per heavy atom. The number of halogens is 2. The van der Waals surface area contributed by atoms with Crippen LogP contribution >= 0.6 is 23.2 Å². The summed E-state index contributed by atoms with van der Waals surface area (Å²) in [6.45, 7) is 5.84. The summed E-state index contributed by atoms with van der Waals surface area (Å²) in [5.74, 6) is 0. The van der Waals surface area contributed by atoms with Gasteiger partial charge in [0.15, 0.2) is 0 Å². The van der Waals surface area contributed by atoms with E-state index in [9.17, 15) is 4.79 Å². The summed E-state index contributed by atoms with van der Waals surface area (Å²) in [7, 11) is 0. The zero-order valence-corrected chi connectivity index (χ0v) is 17.6. The van der Waals surface area contributed by atoms with Crippen molar-refractivity contribution >= 4 is 40.6 Å². The van der Waals surface area contributed by atoms with Crippen LogP contribution in [0.25, 0.3) is 0 Å². The largest absolute Gasteiger partial charge is 0.368 e. The van der Waals surface area contributed by atoms with Crippen molar-refractivity contribution in [3.63, 3.8) is 0 Å². The number of anilines is 2. The highest BCUT2D eigenvalue weighted by atomic mass is 35.5. The summed E-state index contributed by atoms with van der Waals surface area (Å²) in [5.41, 5.74) is 4.64. The van der Waals surface area contributed by atoms with Crippen LogP contribution in [0.2, 0.25) is 10.0 Å². The van der Waals surface area contributed by atoms with E-state index >= 15 is 0 Å². The molecule has 2 amide bonds. The lowest BCUT2D eigenvalue weighted by molar-refractivity contribution is 0.201. The van der Waals surface area contributed by atoms with Crippen molar-refractivity contribution in [2.45, 2.75) is 26.2 Å². The molecular weight excluding hydrogens is 393 g/mol. The highest BCUT2D eigenvalue weighted by Gasteiger charge is 2.28. The van der Waals surface area contributed by atoms with E-state index in [1.165, 1.54) is 11.1 Å². The molecule has 0 aromatic heterocycles. The molecule has 6 heteroatoms. The fraction of sp³-hybridized carbons (Fsp3) is 0.409. The average molecular weight is 418 g/mol. The number of nitrogens with zero attached hydrogens (tertiary/aromatic N) is 3.